The minimum absolute atomic E-state index is 0.00211. The van der Waals surface area contributed by atoms with Crippen molar-refractivity contribution in [2.24, 2.45) is 0 Å². The molecule has 0 fully saturated rings. The van der Waals surface area contributed by atoms with Crippen molar-refractivity contribution in [1.82, 2.24) is 15.2 Å². The van der Waals surface area contributed by atoms with E-state index in [1.807, 2.05) is 36.4 Å². The average molecular weight is 1040 g/mol. The normalized spacial score (nSPS) is 11.9. The molecular formula is C53H52Br2N6O7. The van der Waals surface area contributed by atoms with Gasteiger partial charge in [0.05, 0.1) is 30.2 Å². The summed E-state index contributed by atoms with van der Waals surface area (Å²) in [6, 6.07) is 34.7. The first kappa shape index (κ1) is 47.8. The van der Waals surface area contributed by atoms with Crippen LogP contribution in [-0.4, -0.2) is 64.9 Å². The van der Waals surface area contributed by atoms with Gasteiger partial charge in [0.2, 0.25) is 5.91 Å². The number of unbranched alkanes of at least 4 members (excludes halogenated alkanes) is 4. The van der Waals surface area contributed by atoms with Crippen molar-refractivity contribution in [3.63, 3.8) is 0 Å². The second-order valence-corrected chi connectivity index (χ2v) is 18.7. The van der Waals surface area contributed by atoms with Crippen molar-refractivity contribution in [3.05, 3.63) is 141 Å². The first-order valence-corrected chi connectivity index (χ1v) is 24.3. The van der Waals surface area contributed by atoms with E-state index in [4.69, 9.17) is 20.3 Å². The lowest BCUT2D eigenvalue weighted by atomic mass is 9.89. The van der Waals surface area contributed by atoms with Crippen LogP contribution in [0.5, 0.6) is 5.75 Å². The third-order valence-electron chi connectivity index (χ3n) is 11.9. The number of aliphatic hydroxyl groups excluding tert-OH is 1. The Labute approximate surface area is 409 Å². The number of benzene rings is 6. The van der Waals surface area contributed by atoms with Gasteiger partial charge in [-0.2, -0.15) is 0 Å². The van der Waals surface area contributed by atoms with Gasteiger partial charge in [0, 0.05) is 108 Å². The van der Waals surface area contributed by atoms with Crippen molar-refractivity contribution >= 4 is 93.8 Å². The van der Waals surface area contributed by atoms with Crippen molar-refractivity contribution in [2.45, 2.75) is 57.6 Å². The first-order chi connectivity index (χ1) is 32.9. The number of fused-ring (bicyclic) bond motifs is 5. The number of nitrogen functional groups attached to an aromatic ring is 1. The number of rotatable bonds is 21. The van der Waals surface area contributed by atoms with Crippen LogP contribution in [0.15, 0.2) is 129 Å². The zero-order valence-corrected chi connectivity index (χ0v) is 40.4. The molecule has 6 aromatic rings. The highest BCUT2D eigenvalue weighted by molar-refractivity contribution is 9.10. The van der Waals surface area contributed by atoms with E-state index < -0.39 is 12.1 Å². The molecule has 5 aromatic carbocycles. The number of nitrogens with zero attached hydrogens (tertiary/aromatic N) is 1. The lowest BCUT2D eigenvalue weighted by molar-refractivity contribution is -0.121. The topological polar surface area (TPSA) is 205 Å². The lowest BCUT2D eigenvalue weighted by Gasteiger charge is -2.18. The minimum Gasteiger partial charge on any atom is -0.494 e. The molecule has 8 rings (SSSR count). The van der Waals surface area contributed by atoms with E-state index in [1.165, 1.54) is 12.1 Å². The molecule has 0 saturated carbocycles. The first-order valence-electron chi connectivity index (χ1n) is 22.7. The second kappa shape index (κ2) is 22.0. The van der Waals surface area contributed by atoms with E-state index in [-0.39, 0.29) is 22.7 Å². The Bertz CT molecular complexity index is 3110. The number of carbonyl (C=O) groups excluding carboxylic acids is 2. The maximum Gasteiger partial charge on any atom is 0.336 e. The van der Waals surface area contributed by atoms with Crippen LogP contribution in [0.25, 0.3) is 55.2 Å². The van der Waals surface area contributed by atoms with Crippen molar-refractivity contribution < 1.29 is 33.8 Å². The highest BCUT2D eigenvalue weighted by atomic mass is 79.9. The van der Waals surface area contributed by atoms with E-state index >= 15 is 0 Å². The van der Waals surface area contributed by atoms with Gasteiger partial charge in [0.1, 0.15) is 17.1 Å². The fraction of sp³-hybridized carbons (Fsp3) is 0.245. The van der Waals surface area contributed by atoms with E-state index in [1.54, 1.807) is 42.5 Å². The van der Waals surface area contributed by atoms with Crippen molar-refractivity contribution in [3.8, 4) is 28.2 Å². The molecule has 2 amide bonds. The van der Waals surface area contributed by atoms with Crippen LogP contribution in [0.2, 0.25) is 0 Å². The highest BCUT2D eigenvalue weighted by Gasteiger charge is 2.23. The van der Waals surface area contributed by atoms with Gasteiger partial charge in [0.15, 0.2) is 0 Å². The molecule has 2 aliphatic rings. The number of hydrogen-bond acceptors (Lipinski definition) is 9. The predicted octanol–water partition coefficient (Wildman–Crippen LogP) is 10.7. The van der Waals surface area contributed by atoms with Gasteiger partial charge in [-0.25, -0.2) is 4.79 Å². The second-order valence-electron chi connectivity index (χ2n) is 16.8. The molecule has 8 N–H and O–H groups in total. The molecule has 68 heavy (non-hydrogen) atoms. The number of amides is 2. The van der Waals surface area contributed by atoms with Gasteiger partial charge in [-0.1, -0.05) is 44.3 Å². The monoisotopic (exact) mass is 1040 g/mol. The number of aromatic carboxylic acids is 1. The van der Waals surface area contributed by atoms with Crippen molar-refractivity contribution in [2.75, 3.05) is 37.3 Å². The number of carboxylic acid groups (broad SMARTS) is 1. The van der Waals surface area contributed by atoms with Gasteiger partial charge in [-0.05, 0) is 129 Å². The summed E-state index contributed by atoms with van der Waals surface area (Å²) in [6.45, 7) is 2.34. The standard InChI is InChI=1S/C53H52Br2N6O7/c54-33-12-19-46-43(25-33)44-26-34(55)13-20-47(44)61(46)31-38(62)30-60-37-8-7-9-39(29-37)67-23-6-2-5-21-58-50(63)10-3-1-4-22-59-52(64)32-11-16-40(53(65)66)45(24-32)51-41-17-14-35(56)27-48(41)68-49-28-36(57)15-18-42(49)51/h7-9,11-20,24-29,38,56,60,62H,1-6,10,21-23,30-31,57H2,(H,58,63)(H,59,64)(H,65,66). The number of anilines is 2. The third-order valence-corrected chi connectivity index (χ3v) is 12.9. The maximum atomic E-state index is 13.3. The quantitative estimate of drug-likeness (QED) is 0.0207. The highest BCUT2D eigenvalue weighted by Crippen LogP contribution is 2.42. The number of nitrogens with two attached hydrogens (primary N) is 1. The van der Waals surface area contributed by atoms with Gasteiger partial charge in [0.25, 0.3) is 5.91 Å². The summed E-state index contributed by atoms with van der Waals surface area (Å²) in [7, 11) is 0. The SMILES string of the molecule is N=c1ccc2c(-c3cc(C(=O)NCCCCCC(=O)NCCCCCOc4cccc(NCC(O)Cn5c6ccc(Br)cc6c6cc(Br)ccc65)c4)ccc3C(=O)O)c3ccc(N)cc3oc-2c1. The van der Waals surface area contributed by atoms with Crippen LogP contribution in [0.4, 0.5) is 11.4 Å². The van der Waals surface area contributed by atoms with E-state index in [2.05, 4.69) is 76.6 Å². The van der Waals surface area contributed by atoms with Crippen molar-refractivity contribution in [1.29, 1.82) is 5.41 Å². The molecule has 2 heterocycles. The summed E-state index contributed by atoms with van der Waals surface area (Å²) < 4.78 is 16.3. The molecule has 13 nitrogen and oxygen atoms in total. The zero-order valence-electron chi connectivity index (χ0n) is 37.2. The number of nitrogens with one attached hydrogen (secondary N) is 4. The largest absolute Gasteiger partial charge is 0.494 e. The lowest BCUT2D eigenvalue weighted by Crippen LogP contribution is -2.25. The molecule has 1 atom stereocenters. The molecule has 0 saturated heterocycles. The Balaban J connectivity index is 0.716. The fourth-order valence-corrected chi connectivity index (χ4v) is 9.25. The Morgan fingerprint density at radius 3 is 2.24 bits per heavy atom. The number of aliphatic hydroxyl groups is 1. The molecule has 1 aliphatic heterocycles. The van der Waals surface area contributed by atoms with Crippen LogP contribution in [0, 0.1) is 5.41 Å². The summed E-state index contributed by atoms with van der Waals surface area (Å²) in [5, 5.41) is 41.7. The Hall–Kier alpha value is -6.68. The van der Waals surface area contributed by atoms with Gasteiger partial charge < -0.3 is 51.0 Å². The Morgan fingerprint density at radius 2 is 1.49 bits per heavy atom. The number of hydrogen-bond donors (Lipinski definition) is 7. The molecular weight excluding hydrogens is 992 g/mol. The summed E-state index contributed by atoms with van der Waals surface area (Å²) in [5.74, 6) is -0.348. The van der Waals surface area contributed by atoms with Crippen LogP contribution in [-0.2, 0) is 11.3 Å². The number of aromatic nitrogens is 1. The maximum absolute atomic E-state index is 13.3. The van der Waals surface area contributed by atoms with E-state index in [9.17, 15) is 24.6 Å². The van der Waals surface area contributed by atoms with E-state index in [0.717, 1.165) is 67.9 Å². The number of carboxylic acids is 1. The number of halogens is 2. The summed E-state index contributed by atoms with van der Waals surface area (Å²) in [4.78, 5) is 38.3. The summed E-state index contributed by atoms with van der Waals surface area (Å²) in [6.07, 6.45) is 4.45. The number of ether oxygens (including phenoxy) is 1. The Kier molecular flexibility index (Phi) is 15.4. The van der Waals surface area contributed by atoms with Gasteiger partial charge in [-0.3, -0.25) is 9.59 Å². The predicted molar refractivity (Wildman–Crippen MR) is 274 cm³/mol. The van der Waals surface area contributed by atoms with Gasteiger partial charge >= 0.3 is 5.97 Å². The van der Waals surface area contributed by atoms with Gasteiger partial charge in [-0.15, -0.1) is 0 Å². The van der Waals surface area contributed by atoms with Crippen LogP contribution in [0.3, 0.4) is 0 Å². The van der Waals surface area contributed by atoms with Crippen LogP contribution in [0.1, 0.15) is 65.7 Å². The summed E-state index contributed by atoms with van der Waals surface area (Å²) >= 11 is 7.19. The summed E-state index contributed by atoms with van der Waals surface area (Å²) in [5.41, 5.74) is 11.8. The van der Waals surface area contributed by atoms with Crippen LogP contribution >= 0.6 is 31.9 Å². The zero-order chi connectivity index (χ0) is 47.7. The van der Waals surface area contributed by atoms with Crippen LogP contribution < -0.4 is 31.8 Å². The molecule has 1 unspecified atom stereocenters. The van der Waals surface area contributed by atoms with E-state index in [0.29, 0.717) is 96.7 Å². The molecule has 1 aliphatic carbocycles. The Morgan fingerprint density at radius 1 is 0.750 bits per heavy atom. The molecule has 0 radical (unpaired) electrons. The fourth-order valence-electron chi connectivity index (χ4n) is 8.53. The molecule has 0 bridgehead atoms. The minimum atomic E-state index is -1.15. The number of carbonyl (C=O) groups is 3. The molecule has 15 heteroatoms. The molecule has 0 spiro atoms. The average Bonchev–Trinajstić information content (AvgIpc) is 3.61. The smallest absolute Gasteiger partial charge is 0.336 e. The molecule has 350 valence electrons. The molecule has 1 aromatic heterocycles. The third kappa shape index (κ3) is 11.5.